The molecule has 3 atom stereocenters. The first-order valence-corrected chi connectivity index (χ1v) is 7.00. The highest BCUT2D eigenvalue weighted by molar-refractivity contribution is 9.09. The lowest BCUT2D eigenvalue weighted by atomic mass is 9.60. The summed E-state index contributed by atoms with van der Waals surface area (Å²) in [4.78, 5) is 11.5. The van der Waals surface area contributed by atoms with Crippen LogP contribution in [0.2, 0.25) is 0 Å². The summed E-state index contributed by atoms with van der Waals surface area (Å²) in [6, 6.07) is 0. The van der Waals surface area contributed by atoms with Crippen molar-refractivity contribution in [2.75, 3.05) is 0 Å². The summed E-state index contributed by atoms with van der Waals surface area (Å²) >= 11 is 3.71. The van der Waals surface area contributed by atoms with Crippen molar-refractivity contribution in [1.82, 2.24) is 0 Å². The molecule has 3 unspecified atom stereocenters. The van der Waals surface area contributed by atoms with Crippen LogP contribution in [-0.2, 0) is 4.79 Å². The number of ketones is 1. The molecule has 1 aliphatic rings. The predicted molar refractivity (Wildman–Crippen MR) is 72.8 cm³/mol. The molecule has 0 radical (unpaired) electrons. The van der Waals surface area contributed by atoms with Crippen molar-refractivity contribution < 1.29 is 4.79 Å². The van der Waals surface area contributed by atoms with Crippen LogP contribution in [0.15, 0.2) is 12.2 Å². The second kappa shape index (κ2) is 5.03. The quantitative estimate of drug-likeness (QED) is 0.557. The highest BCUT2D eigenvalue weighted by Crippen LogP contribution is 2.50. The standard InChI is InChI=1S/C14H23BrO/c1-9-8-13(15)11(3)12(14(9,4)5)7-6-10(2)16/h9,12-13H,3,6-8H2,1-2,4-5H3. The van der Waals surface area contributed by atoms with E-state index in [2.05, 4.69) is 43.3 Å². The normalized spacial score (nSPS) is 33.8. The average molecular weight is 287 g/mol. The van der Waals surface area contributed by atoms with Gasteiger partial charge in [-0.2, -0.15) is 0 Å². The number of Topliss-reactive ketones (excluding diaryl/α,β-unsaturated/α-hetero) is 1. The fourth-order valence-corrected chi connectivity index (χ4v) is 3.59. The Morgan fingerprint density at radius 3 is 2.62 bits per heavy atom. The molecule has 16 heavy (non-hydrogen) atoms. The number of hydrogen-bond acceptors (Lipinski definition) is 1. The van der Waals surface area contributed by atoms with Crippen LogP contribution in [0.1, 0.15) is 47.0 Å². The summed E-state index contributed by atoms with van der Waals surface area (Å²) in [5, 5.41) is 0. The summed E-state index contributed by atoms with van der Waals surface area (Å²) in [5.41, 5.74) is 1.54. The number of alkyl halides is 1. The van der Waals surface area contributed by atoms with Gasteiger partial charge in [-0.1, -0.05) is 48.9 Å². The molecule has 0 amide bonds. The molecule has 0 heterocycles. The number of carbonyl (C=O) groups is 1. The van der Waals surface area contributed by atoms with E-state index >= 15 is 0 Å². The van der Waals surface area contributed by atoms with E-state index in [0.717, 1.165) is 12.8 Å². The van der Waals surface area contributed by atoms with E-state index in [0.29, 0.717) is 23.1 Å². The second-order valence-corrected chi connectivity index (χ2v) is 6.90. The lowest BCUT2D eigenvalue weighted by molar-refractivity contribution is -0.117. The zero-order valence-corrected chi connectivity index (χ0v) is 12.4. The Labute approximate surface area is 108 Å². The molecule has 0 bridgehead atoms. The molecule has 0 aromatic rings. The Balaban J connectivity index is 2.82. The highest BCUT2D eigenvalue weighted by atomic mass is 79.9. The van der Waals surface area contributed by atoms with Gasteiger partial charge in [0.05, 0.1) is 0 Å². The number of halogens is 1. The maximum atomic E-state index is 11.1. The summed E-state index contributed by atoms with van der Waals surface area (Å²) in [6.45, 7) is 12.8. The lowest BCUT2D eigenvalue weighted by Crippen LogP contribution is -2.40. The third kappa shape index (κ3) is 2.77. The van der Waals surface area contributed by atoms with E-state index in [4.69, 9.17) is 0 Å². The Kier molecular flexibility index (Phi) is 4.39. The maximum Gasteiger partial charge on any atom is 0.129 e. The smallest absolute Gasteiger partial charge is 0.129 e. The van der Waals surface area contributed by atoms with Crippen molar-refractivity contribution in [2.45, 2.75) is 51.8 Å². The van der Waals surface area contributed by atoms with Crippen molar-refractivity contribution >= 4 is 21.7 Å². The van der Waals surface area contributed by atoms with Crippen LogP contribution in [0.5, 0.6) is 0 Å². The van der Waals surface area contributed by atoms with E-state index in [9.17, 15) is 4.79 Å². The average Bonchev–Trinajstić information content (AvgIpc) is 2.14. The van der Waals surface area contributed by atoms with Gasteiger partial charge in [0.25, 0.3) is 0 Å². The molecule has 1 aliphatic carbocycles. The van der Waals surface area contributed by atoms with Crippen LogP contribution in [-0.4, -0.2) is 10.6 Å². The van der Waals surface area contributed by atoms with Crippen LogP contribution in [0.25, 0.3) is 0 Å². The fraction of sp³-hybridized carbons (Fsp3) is 0.786. The summed E-state index contributed by atoms with van der Waals surface area (Å²) in [6.07, 6.45) is 2.79. The van der Waals surface area contributed by atoms with Gasteiger partial charge in [-0.25, -0.2) is 0 Å². The molecule has 0 aliphatic heterocycles. The molecule has 1 rings (SSSR count). The number of allylic oxidation sites excluding steroid dienone is 1. The van der Waals surface area contributed by atoms with Gasteiger partial charge >= 0.3 is 0 Å². The van der Waals surface area contributed by atoms with E-state index < -0.39 is 0 Å². The van der Waals surface area contributed by atoms with E-state index in [1.165, 1.54) is 5.57 Å². The molecule has 1 fully saturated rings. The molecular weight excluding hydrogens is 264 g/mol. The highest BCUT2D eigenvalue weighted by Gasteiger charge is 2.42. The van der Waals surface area contributed by atoms with Crippen molar-refractivity contribution in [1.29, 1.82) is 0 Å². The molecular formula is C14H23BrO. The Bertz CT molecular complexity index is 293. The molecule has 0 aromatic carbocycles. The van der Waals surface area contributed by atoms with Gasteiger partial charge in [-0.05, 0) is 37.0 Å². The minimum absolute atomic E-state index is 0.261. The zero-order valence-electron chi connectivity index (χ0n) is 10.8. The number of hydrogen-bond donors (Lipinski definition) is 0. The predicted octanol–water partition coefficient (Wildman–Crippen LogP) is 4.36. The van der Waals surface area contributed by atoms with Crippen molar-refractivity contribution in [2.24, 2.45) is 17.3 Å². The zero-order chi connectivity index (χ0) is 12.5. The van der Waals surface area contributed by atoms with Gasteiger partial charge in [0.15, 0.2) is 0 Å². The topological polar surface area (TPSA) is 17.1 Å². The lowest BCUT2D eigenvalue weighted by Gasteiger charge is -2.47. The van der Waals surface area contributed by atoms with Crippen molar-refractivity contribution in [3.63, 3.8) is 0 Å². The van der Waals surface area contributed by atoms with Gasteiger partial charge < -0.3 is 4.79 Å². The third-order valence-electron chi connectivity index (χ3n) is 4.36. The number of rotatable bonds is 3. The Hall–Kier alpha value is -0.110. The van der Waals surface area contributed by atoms with Gasteiger partial charge in [-0.3, -0.25) is 0 Å². The van der Waals surface area contributed by atoms with Crippen LogP contribution in [0, 0.1) is 17.3 Å². The van der Waals surface area contributed by atoms with Crippen LogP contribution in [0.4, 0.5) is 0 Å². The van der Waals surface area contributed by atoms with Crippen LogP contribution in [0.3, 0.4) is 0 Å². The minimum Gasteiger partial charge on any atom is -0.300 e. The SMILES string of the molecule is C=C1C(Br)CC(C)C(C)(C)C1CCC(C)=O. The summed E-state index contributed by atoms with van der Waals surface area (Å²) in [7, 11) is 0. The van der Waals surface area contributed by atoms with Crippen LogP contribution < -0.4 is 0 Å². The number of carbonyl (C=O) groups excluding carboxylic acids is 1. The largest absolute Gasteiger partial charge is 0.300 e. The first-order valence-electron chi connectivity index (χ1n) is 6.09. The fourth-order valence-electron chi connectivity index (χ4n) is 2.71. The van der Waals surface area contributed by atoms with Crippen molar-refractivity contribution in [3.8, 4) is 0 Å². The second-order valence-electron chi connectivity index (χ2n) is 5.79. The summed E-state index contributed by atoms with van der Waals surface area (Å²) in [5.74, 6) is 1.41. The van der Waals surface area contributed by atoms with E-state index in [1.54, 1.807) is 6.92 Å². The third-order valence-corrected chi connectivity index (χ3v) is 5.33. The molecule has 0 spiro atoms. The molecule has 0 saturated heterocycles. The van der Waals surface area contributed by atoms with Gasteiger partial charge in [0, 0.05) is 11.2 Å². The molecule has 92 valence electrons. The molecule has 0 aromatic heterocycles. The molecule has 2 heteroatoms. The molecule has 1 saturated carbocycles. The van der Waals surface area contributed by atoms with Crippen LogP contribution >= 0.6 is 15.9 Å². The maximum absolute atomic E-state index is 11.1. The summed E-state index contributed by atoms with van der Waals surface area (Å²) < 4.78 is 0. The van der Waals surface area contributed by atoms with Crippen molar-refractivity contribution in [3.05, 3.63) is 12.2 Å². The minimum atomic E-state index is 0.261. The Morgan fingerprint density at radius 2 is 2.12 bits per heavy atom. The molecule has 1 nitrogen and oxygen atoms in total. The molecule has 0 N–H and O–H groups in total. The van der Waals surface area contributed by atoms with Gasteiger partial charge in [-0.15, -0.1) is 0 Å². The Morgan fingerprint density at radius 1 is 1.56 bits per heavy atom. The van der Waals surface area contributed by atoms with E-state index in [-0.39, 0.29) is 11.2 Å². The first-order chi connectivity index (χ1) is 7.26. The van der Waals surface area contributed by atoms with Gasteiger partial charge in [0.1, 0.15) is 5.78 Å². The van der Waals surface area contributed by atoms with Gasteiger partial charge in [0.2, 0.25) is 0 Å². The van der Waals surface area contributed by atoms with E-state index in [1.807, 2.05) is 0 Å². The monoisotopic (exact) mass is 286 g/mol. The first kappa shape index (κ1) is 14.0.